The predicted octanol–water partition coefficient (Wildman–Crippen LogP) is 0.643. The van der Waals surface area contributed by atoms with Gasteiger partial charge in [-0.1, -0.05) is 20.8 Å². The van der Waals surface area contributed by atoms with Crippen molar-refractivity contribution in [2.24, 2.45) is 11.1 Å². The summed E-state index contributed by atoms with van der Waals surface area (Å²) in [7, 11) is 0. The lowest BCUT2D eigenvalue weighted by Crippen LogP contribution is -2.18. The summed E-state index contributed by atoms with van der Waals surface area (Å²) < 4.78 is 0. The van der Waals surface area contributed by atoms with Crippen LogP contribution in [0.1, 0.15) is 20.8 Å². The smallest absolute Gasteiger partial charge is 0.241 e. The van der Waals surface area contributed by atoms with Crippen LogP contribution in [0.2, 0.25) is 0 Å². The lowest BCUT2D eigenvalue weighted by molar-refractivity contribution is -0.121. The van der Waals surface area contributed by atoms with E-state index in [-0.39, 0.29) is 5.78 Å². The monoisotopic (exact) mass is 155 g/mol. The lowest BCUT2D eigenvalue weighted by Gasteiger charge is -2.12. The van der Waals surface area contributed by atoms with Gasteiger partial charge in [0, 0.05) is 11.5 Å². The minimum Gasteiger partial charge on any atom is -0.366 e. The van der Waals surface area contributed by atoms with E-state index >= 15 is 0 Å². The van der Waals surface area contributed by atoms with Crippen LogP contribution in [0.5, 0.6) is 0 Å². The number of rotatable bonds is 2. The molecule has 0 unspecified atom stereocenters. The van der Waals surface area contributed by atoms with Crippen LogP contribution < -0.4 is 5.73 Å². The second-order valence-corrected chi connectivity index (χ2v) is 3.35. The van der Waals surface area contributed by atoms with Crippen molar-refractivity contribution >= 4 is 11.7 Å². The van der Waals surface area contributed by atoms with Crippen molar-refractivity contribution in [2.75, 3.05) is 0 Å². The van der Waals surface area contributed by atoms with Crippen LogP contribution in [0, 0.1) is 5.41 Å². The molecule has 0 aliphatic heterocycles. The highest BCUT2D eigenvalue weighted by Crippen LogP contribution is 2.14. The molecular formula is C8H13NO2. The highest BCUT2D eigenvalue weighted by Gasteiger charge is 2.17. The number of carbonyl (C=O) groups is 2. The van der Waals surface area contributed by atoms with Gasteiger partial charge in [-0.15, -0.1) is 0 Å². The third-order valence-corrected chi connectivity index (χ3v) is 1.14. The van der Waals surface area contributed by atoms with Gasteiger partial charge in [0.25, 0.3) is 0 Å². The fraction of sp³-hybridized carbons (Fsp3) is 0.500. The zero-order valence-corrected chi connectivity index (χ0v) is 7.05. The fourth-order valence-corrected chi connectivity index (χ4v) is 0.408. The van der Waals surface area contributed by atoms with Crippen molar-refractivity contribution in [3.63, 3.8) is 0 Å². The molecule has 0 heterocycles. The van der Waals surface area contributed by atoms with E-state index in [1.807, 2.05) is 0 Å². The Kier molecular flexibility index (Phi) is 2.99. The molecule has 1 amide bonds. The Morgan fingerprint density at radius 1 is 1.18 bits per heavy atom. The van der Waals surface area contributed by atoms with Crippen LogP contribution in [-0.2, 0) is 9.59 Å². The topological polar surface area (TPSA) is 60.2 Å². The number of ketones is 1. The Balaban J connectivity index is 4.20. The first kappa shape index (κ1) is 9.88. The van der Waals surface area contributed by atoms with E-state index in [2.05, 4.69) is 0 Å². The first-order valence-electron chi connectivity index (χ1n) is 3.36. The summed E-state index contributed by atoms with van der Waals surface area (Å²) in [5.74, 6) is -0.695. The van der Waals surface area contributed by atoms with Crippen LogP contribution in [0.15, 0.2) is 12.2 Å². The van der Waals surface area contributed by atoms with Gasteiger partial charge in [-0.05, 0) is 6.08 Å². The molecule has 0 radical (unpaired) electrons. The summed E-state index contributed by atoms with van der Waals surface area (Å²) in [4.78, 5) is 21.3. The Hall–Kier alpha value is -1.12. The van der Waals surface area contributed by atoms with Crippen molar-refractivity contribution in [1.82, 2.24) is 0 Å². The van der Waals surface area contributed by atoms with E-state index in [9.17, 15) is 9.59 Å². The molecule has 2 N–H and O–H groups in total. The molecule has 0 bridgehead atoms. The summed E-state index contributed by atoms with van der Waals surface area (Å²) in [6.07, 6.45) is 2.29. The molecule has 11 heavy (non-hydrogen) atoms. The molecule has 0 saturated carbocycles. The van der Waals surface area contributed by atoms with E-state index in [1.54, 1.807) is 20.8 Å². The molecule has 0 aromatic heterocycles. The number of hydrogen-bond donors (Lipinski definition) is 1. The number of allylic oxidation sites excluding steroid dienone is 1. The minimum atomic E-state index is -0.595. The van der Waals surface area contributed by atoms with E-state index in [0.29, 0.717) is 0 Å². The Labute approximate surface area is 66.3 Å². The standard InChI is InChI=1S/C8H13NO2/c1-8(2,3)6(10)4-5-7(9)11/h4-5H,1-3H3,(H2,9,11). The van der Waals surface area contributed by atoms with Gasteiger partial charge < -0.3 is 5.73 Å². The number of primary amides is 1. The second-order valence-electron chi connectivity index (χ2n) is 3.35. The summed E-state index contributed by atoms with van der Waals surface area (Å²) in [6, 6.07) is 0. The van der Waals surface area contributed by atoms with E-state index in [0.717, 1.165) is 6.08 Å². The fourth-order valence-electron chi connectivity index (χ4n) is 0.408. The van der Waals surface area contributed by atoms with Crippen molar-refractivity contribution in [2.45, 2.75) is 20.8 Å². The van der Waals surface area contributed by atoms with Gasteiger partial charge >= 0.3 is 0 Å². The van der Waals surface area contributed by atoms with Crippen molar-refractivity contribution in [3.05, 3.63) is 12.2 Å². The van der Waals surface area contributed by atoms with Gasteiger partial charge in [0.2, 0.25) is 5.91 Å². The van der Waals surface area contributed by atoms with Crippen molar-refractivity contribution < 1.29 is 9.59 Å². The van der Waals surface area contributed by atoms with Crippen molar-refractivity contribution in [3.8, 4) is 0 Å². The molecule has 0 aromatic carbocycles. The Morgan fingerprint density at radius 3 is 1.91 bits per heavy atom. The molecule has 0 fully saturated rings. The summed E-state index contributed by atoms with van der Waals surface area (Å²) in [5.41, 5.74) is 4.37. The predicted molar refractivity (Wildman–Crippen MR) is 42.8 cm³/mol. The molecule has 62 valence electrons. The molecule has 0 atom stereocenters. The van der Waals surface area contributed by atoms with Crippen LogP contribution in [0.3, 0.4) is 0 Å². The third kappa shape index (κ3) is 4.31. The highest BCUT2D eigenvalue weighted by molar-refractivity contribution is 5.99. The van der Waals surface area contributed by atoms with E-state index < -0.39 is 11.3 Å². The van der Waals surface area contributed by atoms with Gasteiger partial charge in [-0.3, -0.25) is 9.59 Å². The molecule has 0 saturated heterocycles. The van der Waals surface area contributed by atoms with Crippen molar-refractivity contribution in [1.29, 1.82) is 0 Å². The zero-order valence-electron chi connectivity index (χ0n) is 7.05. The molecule has 0 aliphatic rings. The molecule has 0 aromatic rings. The molecule has 0 aliphatic carbocycles. The maximum absolute atomic E-state index is 11.1. The van der Waals surface area contributed by atoms with Crippen LogP contribution in [-0.4, -0.2) is 11.7 Å². The molecule has 0 rings (SSSR count). The number of carbonyl (C=O) groups excluding carboxylic acids is 2. The van der Waals surface area contributed by atoms with Crippen LogP contribution >= 0.6 is 0 Å². The van der Waals surface area contributed by atoms with Gasteiger partial charge in [-0.2, -0.15) is 0 Å². The maximum atomic E-state index is 11.1. The van der Waals surface area contributed by atoms with Gasteiger partial charge in [0.1, 0.15) is 0 Å². The molecular weight excluding hydrogens is 142 g/mol. The highest BCUT2D eigenvalue weighted by atomic mass is 16.1. The molecule has 3 nitrogen and oxygen atoms in total. The molecule has 3 heteroatoms. The first-order chi connectivity index (χ1) is 4.84. The van der Waals surface area contributed by atoms with Gasteiger partial charge in [0.15, 0.2) is 5.78 Å². The SMILES string of the molecule is CC(C)(C)C(=O)C=CC(N)=O. The summed E-state index contributed by atoms with van der Waals surface area (Å²) in [5, 5.41) is 0. The average Bonchev–Trinajstić information content (AvgIpc) is 1.80. The average molecular weight is 155 g/mol. The molecule has 0 spiro atoms. The minimum absolute atomic E-state index is 0.101. The summed E-state index contributed by atoms with van der Waals surface area (Å²) in [6.45, 7) is 5.34. The second kappa shape index (κ2) is 3.32. The lowest BCUT2D eigenvalue weighted by atomic mass is 9.91. The van der Waals surface area contributed by atoms with Crippen LogP contribution in [0.25, 0.3) is 0 Å². The van der Waals surface area contributed by atoms with E-state index in [4.69, 9.17) is 5.73 Å². The largest absolute Gasteiger partial charge is 0.366 e. The third-order valence-electron chi connectivity index (χ3n) is 1.14. The number of hydrogen-bond acceptors (Lipinski definition) is 2. The Morgan fingerprint density at radius 2 is 1.64 bits per heavy atom. The zero-order chi connectivity index (χ0) is 9.07. The van der Waals surface area contributed by atoms with Gasteiger partial charge in [-0.25, -0.2) is 0 Å². The van der Waals surface area contributed by atoms with E-state index in [1.165, 1.54) is 6.08 Å². The normalized spacial score (nSPS) is 11.9. The Bertz CT molecular complexity index is 199. The number of amides is 1. The van der Waals surface area contributed by atoms with Crippen LogP contribution in [0.4, 0.5) is 0 Å². The number of nitrogens with two attached hydrogens (primary N) is 1. The summed E-state index contributed by atoms with van der Waals surface area (Å²) >= 11 is 0. The van der Waals surface area contributed by atoms with Gasteiger partial charge in [0.05, 0.1) is 0 Å². The quantitative estimate of drug-likeness (QED) is 0.595. The maximum Gasteiger partial charge on any atom is 0.241 e. The first-order valence-corrected chi connectivity index (χ1v) is 3.36.